The third-order valence-corrected chi connectivity index (χ3v) is 1.71. The molecule has 0 unspecified atom stereocenters. The quantitative estimate of drug-likeness (QED) is 0.390. The third kappa shape index (κ3) is 3.52. The Morgan fingerprint density at radius 2 is 2.27 bits per heavy atom. The van der Waals surface area contributed by atoms with Crippen LogP contribution in [0.2, 0.25) is 0 Å². The molecule has 8 heteroatoms. The van der Waals surface area contributed by atoms with Gasteiger partial charge in [0.25, 0.3) is 5.91 Å². The van der Waals surface area contributed by atoms with Crippen molar-refractivity contribution in [2.24, 2.45) is 5.73 Å². The number of nitrogens with one attached hydrogen (secondary N) is 3. The van der Waals surface area contributed by atoms with E-state index in [4.69, 9.17) is 5.73 Å². The van der Waals surface area contributed by atoms with E-state index < -0.39 is 23.8 Å². The van der Waals surface area contributed by atoms with E-state index in [1.165, 1.54) is 0 Å². The van der Waals surface area contributed by atoms with Crippen molar-refractivity contribution in [3.8, 4) is 0 Å². The summed E-state index contributed by atoms with van der Waals surface area (Å²) in [6.45, 7) is -0.310. The summed E-state index contributed by atoms with van der Waals surface area (Å²) < 4.78 is 0. The molecule has 1 heterocycles. The monoisotopic (exact) mass is 216 g/mol. The highest BCUT2D eigenvalue weighted by Gasteiger charge is 2.26. The van der Waals surface area contributed by atoms with E-state index in [0.717, 1.165) is 0 Å². The molecule has 0 aromatic carbocycles. The van der Waals surface area contributed by atoms with Gasteiger partial charge < -0.3 is 16.4 Å². The summed E-state index contributed by atoms with van der Waals surface area (Å²) >= 11 is 0. The molecule has 1 atom stereocenters. The SMILES string of the molecule is NCC(=O)NCC(=O)N[C@@H]1CONC1=O. The van der Waals surface area contributed by atoms with Crippen molar-refractivity contribution in [1.29, 1.82) is 0 Å². The molecule has 15 heavy (non-hydrogen) atoms. The van der Waals surface area contributed by atoms with E-state index in [9.17, 15) is 14.4 Å². The van der Waals surface area contributed by atoms with Gasteiger partial charge in [0.1, 0.15) is 12.6 Å². The van der Waals surface area contributed by atoms with Gasteiger partial charge in [0, 0.05) is 0 Å². The average molecular weight is 216 g/mol. The second-order valence-corrected chi connectivity index (χ2v) is 2.88. The zero-order chi connectivity index (χ0) is 11.3. The van der Waals surface area contributed by atoms with Gasteiger partial charge in [-0.3, -0.25) is 19.2 Å². The highest BCUT2D eigenvalue weighted by molar-refractivity contribution is 5.90. The molecule has 0 spiro atoms. The van der Waals surface area contributed by atoms with E-state index in [1.807, 2.05) is 0 Å². The first-order chi connectivity index (χ1) is 7.13. The summed E-state index contributed by atoms with van der Waals surface area (Å²) in [6, 6.07) is -0.702. The van der Waals surface area contributed by atoms with E-state index in [-0.39, 0.29) is 19.7 Å². The summed E-state index contributed by atoms with van der Waals surface area (Å²) in [5.41, 5.74) is 7.11. The normalized spacial score (nSPS) is 19.5. The Balaban J connectivity index is 2.23. The van der Waals surface area contributed by atoms with Crippen molar-refractivity contribution in [3.05, 3.63) is 0 Å². The molecule has 5 N–H and O–H groups in total. The minimum absolute atomic E-state index is 0.0788. The largest absolute Gasteiger partial charge is 0.346 e. The van der Waals surface area contributed by atoms with Gasteiger partial charge in [-0.2, -0.15) is 0 Å². The van der Waals surface area contributed by atoms with Crippen LogP contribution in [0.4, 0.5) is 0 Å². The van der Waals surface area contributed by atoms with E-state index in [0.29, 0.717) is 0 Å². The lowest BCUT2D eigenvalue weighted by molar-refractivity contribution is -0.129. The predicted octanol–water partition coefficient (Wildman–Crippen LogP) is -3.39. The van der Waals surface area contributed by atoms with Gasteiger partial charge in [-0.1, -0.05) is 0 Å². The molecule has 1 aliphatic heterocycles. The van der Waals surface area contributed by atoms with Crippen molar-refractivity contribution < 1.29 is 19.2 Å². The van der Waals surface area contributed by atoms with Gasteiger partial charge >= 0.3 is 0 Å². The molecule has 1 rings (SSSR count). The molecule has 1 fully saturated rings. The molecule has 1 aliphatic rings. The summed E-state index contributed by atoms with van der Waals surface area (Å²) in [5, 5.41) is 4.65. The number of carbonyl (C=O) groups excluding carboxylic acids is 3. The number of carbonyl (C=O) groups is 3. The van der Waals surface area contributed by atoms with Gasteiger partial charge in [0.05, 0.1) is 13.1 Å². The average Bonchev–Trinajstić information content (AvgIpc) is 2.61. The smallest absolute Gasteiger partial charge is 0.268 e. The first-order valence-electron chi connectivity index (χ1n) is 4.31. The van der Waals surface area contributed by atoms with Crippen LogP contribution >= 0.6 is 0 Å². The molecule has 1 saturated heterocycles. The molecular formula is C7H12N4O4. The lowest BCUT2D eigenvalue weighted by atomic mass is 10.3. The Kier molecular flexibility index (Phi) is 4.01. The molecule has 0 saturated carbocycles. The van der Waals surface area contributed by atoms with Crippen molar-refractivity contribution in [3.63, 3.8) is 0 Å². The minimum Gasteiger partial charge on any atom is -0.346 e. The molecular weight excluding hydrogens is 204 g/mol. The predicted molar refractivity (Wildman–Crippen MR) is 48.1 cm³/mol. The first kappa shape index (κ1) is 11.4. The number of amides is 3. The molecule has 0 aromatic rings. The fraction of sp³-hybridized carbons (Fsp3) is 0.571. The van der Waals surface area contributed by atoms with E-state index >= 15 is 0 Å². The van der Waals surface area contributed by atoms with Gasteiger partial charge in [0.15, 0.2) is 0 Å². The van der Waals surface area contributed by atoms with Gasteiger partial charge in [0.2, 0.25) is 11.8 Å². The fourth-order valence-corrected chi connectivity index (χ4v) is 0.947. The fourth-order valence-electron chi connectivity index (χ4n) is 0.947. The van der Waals surface area contributed by atoms with Gasteiger partial charge in [-0.15, -0.1) is 0 Å². The molecule has 8 nitrogen and oxygen atoms in total. The zero-order valence-corrected chi connectivity index (χ0v) is 7.91. The second kappa shape index (κ2) is 5.27. The lowest BCUT2D eigenvalue weighted by Crippen LogP contribution is -2.46. The second-order valence-electron chi connectivity index (χ2n) is 2.88. The molecule has 0 aliphatic carbocycles. The maximum Gasteiger partial charge on any atom is 0.268 e. The van der Waals surface area contributed by atoms with Crippen molar-refractivity contribution >= 4 is 17.7 Å². The maximum atomic E-state index is 11.2. The Labute approximate surface area is 85.5 Å². The van der Waals surface area contributed by atoms with Crippen LogP contribution < -0.4 is 21.8 Å². The molecule has 84 valence electrons. The number of hydrogen-bond donors (Lipinski definition) is 4. The van der Waals surface area contributed by atoms with Crippen LogP contribution in [0, 0.1) is 0 Å². The van der Waals surface area contributed by atoms with Crippen LogP contribution in [0.3, 0.4) is 0 Å². The minimum atomic E-state index is -0.702. The Morgan fingerprint density at radius 3 is 2.80 bits per heavy atom. The van der Waals surface area contributed by atoms with Crippen molar-refractivity contribution in [2.75, 3.05) is 19.7 Å². The lowest BCUT2D eigenvalue weighted by Gasteiger charge is -2.08. The van der Waals surface area contributed by atoms with E-state index in [2.05, 4.69) is 21.0 Å². The van der Waals surface area contributed by atoms with Crippen LogP contribution in [-0.4, -0.2) is 43.5 Å². The summed E-state index contributed by atoms with van der Waals surface area (Å²) in [4.78, 5) is 37.4. The molecule has 0 bridgehead atoms. The topological polar surface area (TPSA) is 123 Å². The number of nitrogens with two attached hydrogens (primary N) is 1. The van der Waals surface area contributed by atoms with Crippen LogP contribution in [0.5, 0.6) is 0 Å². The zero-order valence-electron chi connectivity index (χ0n) is 7.91. The number of rotatable bonds is 4. The Bertz CT molecular complexity index is 280. The molecule has 3 amide bonds. The molecule has 0 aromatic heterocycles. The third-order valence-electron chi connectivity index (χ3n) is 1.71. The summed E-state index contributed by atoms with van der Waals surface area (Å²) in [5.74, 6) is -1.31. The standard InChI is InChI=1S/C7H12N4O4/c8-1-5(12)9-2-6(13)10-4-3-15-11-7(4)14/h4H,1-3,8H2,(H,9,12)(H,10,13)(H,11,14)/t4-/m1/s1. The van der Waals surface area contributed by atoms with Crippen molar-refractivity contribution in [2.45, 2.75) is 6.04 Å². The van der Waals surface area contributed by atoms with Crippen LogP contribution in [-0.2, 0) is 19.2 Å². The number of hydroxylamine groups is 1. The van der Waals surface area contributed by atoms with Crippen molar-refractivity contribution in [1.82, 2.24) is 16.1 Å². The Morgan fingerprint density at radius 1 is 1.53 bits per heavy atom. The van der Waals surface area contributed by atoms with Crippen LogP contribution in [0.15, 0.2) is 0 Å². The Hall–Kier alpha value is -1.67. The highest BCUT2D eigenvalue weighted by atomic mass is 16.7. The summed E-state index contributed by atoms with van der Waals surface area (Å²) in [6.07, 6.45) is 0. The number of hydrogen-bond acceptors (Lipinski definition) is 5. The molecule has 0 radical (unpaired) electrons. The maximum absolute atomic E-state index is 11.2. The summed E-state index contributed by atoms with van der Waals surface area (Å²) in [7, 11) is 0. The highest BCUT2D eigenvalue weighted by Crippen LogP contribution is 1.93. The van der Waals surface area contributed by atoms with Crippen LogP contribution in [0.25, 0.3) is 0 Å². The first-order valence-corrected chi connectivity index (χ1v) is 4.31. The van der Waals surface area contributed by atoms with Crippen LogP contribution in [0.1, 0.15) is 0 Å². The van der Waals surface area contributed by atoms with Gasteiger partial charge in [-0.05, 0) is 0 Å². The van der Waals surface area contributed by atoms with Gasteiger partial charge in [-0.25, -0.2) is 5.48 Å². The van der Waals surface area contributed by atoms with E-state index in [1.54, 1.807) is 0 Å².